The number of nitrogens with two attached hydrogens (primary N) is 2. The third kappa shape index (κ3) is 11.9. The van der Waals surface area contributed by atoms with Gasteiger partial charge in [0.25, 0.3) is 0 Å². The molecule has 11 nitrogen and oxygen atoms in total. The van der Waals surface area contributed by atoms with Crippen molar-refractivity contribution >= 4 is 29.5 Å². The number of nitrogens with zero attached hydrogens (tertiary/aromatic N) is 4. The summed E-state index contributed by atoms with van der Waals surface area (Å²) in [6.07, 6.45) is 0.443. The molecule has 45 heavy (non-hydrogen) atoms. The van der Waals surface area contributed by atoms with Gasteiger partial charge in [-0.05, 0) is 29.7 Å². The second-order valence-corrected chi connectivity index (χ2v) is 10.8. The van der Waals surface area contributed by atoms with Crippen LogP contribution in [0.1, 0.15) is 30.0 Å². The van der Waals surface area contributed by atoms with Crippen LogP contribution in [0.25, 0.3) is 0 Å². The van der Waals surface area contributed by atoms with Crippen molar-refractivity contribution < 1.29 is 24.0 Å². The minimum absolute atomic E-state index is 0.105. The van der Waals surface area contributed by atoms with E-state index in [2.05, 4.69) is 0 Å². The van der Waals surface area contributed by atoms with Gasteiger partial charge in [0.1, 0.15) is 13.1 Å². The van der Waals surface area contributed by atoms with Gasteiger partial charge in [-0.25, -0.2) is 0 Å². The maximum Gasteiger partial charge on any atom is 0.242 e. The van der Waals surface area contributed by atoms with Gasteiger partial charge in [0.2, 0.25) is 29.5 Å². The smallest absolute Gasteiger partial charge is 0.242 e. The largest absolute Gasteiger partial charge is 0.368 e. The fourth-order valence-corrected chi connectivity index (χ4v) is 4.71. The highest BCUT2D eigenvalue weighted by molar-refractivity contribution is 5.91. The molecular weight excluding hydrogens is 572 g/mol. The normalized spacial score (nSPS) is 10.5. The minimum Gasteiger partial charge on any atom is -0.368 e. The monoisotopic (exact) mass is 614 g/mol. The number of benzene rings is 3. The zero-order valence-electron chi connectivity index (χ0n) is 25.7. The molecule has 3 rings (SSSR count). The number of carbonyl (C=O) groups is 5. The summed E-state index contributed by atoms with van der Waals surface area (Å²) in [7, 11) is 0. The maximum absolute atomic E-state index is 13.8. The minimum atomic E-state index is -0.677. The molecule has 5 amide bonds. The van der Waals surface area contributed by atoms with Crippen molar-refractivity contribution in [3.63, 3.8) is 0 Å². The Hall–Kier alpha value is -5.03. The first-order chi connectivity index (χ1) is 21.7. The van der Waals surface area contributed by atoms with Crippen LogP contribution in [0.5, 0.6) is 0 Å². The van der Waals surface area contributed by atoms with E-state index >= 15 is 0 Å². The second-order valence-electron chi connectivity index (χ2n) is 10.8. The lowest BCUT2D eigenvalue weighted by molar-refractivity contribution is -0.147. The summed E-state index contributed by atoms with van der Waals surface area (Å²) in [6.45, 7) is 1.20. The third-order valence-corrected chi connectivity index (χ3v) is 7.11. The molecule has 0 aliphatic carbocycles. The highest BCUT2D eigenvalue weighted by Gasteiger charge is 2.27. The van der Waals surface area contributed by atoms with Crippen LogP contribution in [0, 0.1) is 0 Å². The molecule has 0 unspecified atom stereocenters. The molecule has 3 aromatic carbocycles. The predicted octanol–water partition coefficient (Wildman–Crippen LogP) is 1.76. The second kappa shape index (κ2) is 17.9. The Bertz CT molecular complexity index is 1400. The van der Waals surface area contributed by atoms with Crippen molar-refractivity contribution in [2.24, 2.45) is 11.5 Å². The molecule has 0 aliphatic heterocycles. The molecule has 0 saturated heterocycles. The molecule has 0 saturated carbocycles. The first-order valence-electron chi connectivity index (χ1n) is 14.8. The Balaban J connectivity index is 1.81. The lowest BCUT2D eigenvalue weighted by atomic mass is 10.2. The standard InChI is InChI=1S/C34H42N6O5/c1-27(41)38(20-28-12-5-2-6-13-28)25-32(43)37(19-11-18-35)24-33(44)40(22-30-16-9-4-10-17-30)26-34(45)39(23-31(36)42)21-29-14-7-3-8-15-29/h2-10,12-17H,11,18-26,35H2,1H3,(H2,36,42). The molecule has 0 spiro atoms. The van der Waals surface area contributed by atoms with Gasteiger partial charge in [-0.2, -0.15) is 0 Å². The summed E-state index contributed by atoms with van der Waals surface area (Å²) in [5, 5.41) is 0. The SMILES string of the molecule is CC(=O)N(CC(=O)N(CCCN)CC(=O)N(CC(=O)N(CC(N)=O)Cc1ccccc1)Cc1ccccc1)Cc1ccccc1. The lowest BCUT2D eigenvalue weighted by Crippen LogP contribution is -2.50. The topological polar surface area (TPSA) is 150 Å². The summed E-state index contributed by atoms with van der Waals surface area (Å²) in [5.41, 5.74) is 13.7. The van der Waals surface area contributed by atoms with Gasteiger partial charge >= 0.3 is 0 Å². The Morgan fingerprint density at radius 1 is 0.533 bits per heavy atom. The molecule has 11 heteroatoms. The van der Waals surface area contributed by atoms with E-state index in [1.165, 1.54) is 26.5 Å². The van der Waals surface area contributed by atoms with Crippen LogP contribution >= 0.6 is 0 Å². The van der Waals surface area contributed by atoms with Crippen molar-refractivity contribution in [2.45, 2.75) is 33.0 Å². The van der Waals surface area contributed by atoms with E-state index in [1.54, 1.807) is 0 Å². The van der Waals surface area contributed by atoms with Crippen molar-refractivity contribution in [1.82, 2.24) is 19.6 Å². The zero-order valence-corrected chi connectivity index (χ0v) is 25.7. The van der Waals surface area contributed by atoms with Crippen LogP contribution in [0.3, 0.4) is 0 Å². The highest BCUT2D eigenvalue weighted by atomic mass is 16.2. The van der Waals surface area contributed by atoms with Crippen LogP contribution in [0.2, 0.25) is 0 Å². The molecule has 0 aromatic heterocycles. The first-order valence-corrected chi connectivity index (χ1v) is 14.8. The van der Waals surface area contributed by atoms with Gasteiger partial charge in [-0.3, -0.25) is 24.0 Å². The average molecular weight is 615 g/mol. The average Bonchev–Trinajstić information content (AvgIpc) is 3.03. The van der Waals surface area contributed by atoms with Gasteiger partial charge in [0.15, 0.2) is 0 Å². The highest BCUT2D eigenvalue weighted by Crippen LogP contribution is 2.11. The van der Waals surface area contributed by atoms with Gasteiger partial charge in [0.05, 0.1) is 13.1 Å². The fourth-order valence-electron chi connectivity index (χ4n) is 4.71. The summed E-state index contributed by atoms with van der Waals surface area (Å²) >= 11 is 0. The van der Waals surface area contributed by atoms with Gasteiger partial charge in [-0.15, -0.1) is 0 Å². The molecule has 3 aromatic rings. The van der Waals surface area contributed by atoms with Crippen LogP contribution in [-0.4, -0.2) is 88.4 Å². The van der Waals surface area contributed by atoms with Crippen LogP contribution in [0.15, 0.2) is 91.0 Å². The fraction of sp³-hybridized carbons (Fsp3) is 0.324. The molecule has 4 N–H and O–H groups in total. The quantitative estimate of drug-likeness (QED) is 0.237. The Labute approximate surface area is 264 Å². The third-order valence-electron chi connectivity index (χ3n) is 7.11. The number of amides is 5. The lowest BCUT2D eigenvalue weighted by Gasteiger charge is -2.31. The van der Waals surface area contributed by atoms with Gasteiger partial charge in [-0.1, -0.05) is 91.0 Å². The molecule has 0 radical (unpaired) electrons. The number of hydrogen-bond donors (Lipinski definition) is 2. The molecule has 0 atom stereocenters. The van der Waals surface area contributed by atoms with Gasteiger partial charge in [0, 0.05) is 33.1 Å². The Morgan fingerprint density at radius 2 is 0.889 bits per heavy atom. The van der Waals surface area contributed by atoms with E-state index in [9.17, 15) is 24.0 Å². The molecular formula is C34H42N6O5. The van der Waals surface area contributed by atoms with E-state index in [4.69, 9.17) is 11.5 Å². The van der Waals surface area contributed by atoms with E-state index in [-0.39, 0.29) is 58.3 Å². The number of hydrogen-bond acceptors (Lipinski definition) is 6. The zero-order chi connectivity index (χ0) is 32.6. The maximum atomic E-state index is 13.8. The van der Waals surface area contributed by atoms with Gasteiger partial charge < -0.3 is 31.1 Å². The predicted molar refractivity (Wildman–Crippen MR) is 171 cm³/mol. The van der Waals surface area contributed by atoms with Crippen LogP contribution in [-0.2, 0) is 43.6 Å². The van der Waals surface area contributed by atoms with Crippen molar-refractivity contribution in [2.75, 3.05) is 39.3 Å². The molecule has 0 aliphatic rings. The van der Waals surface area contributed by atoms with Crippen molar-refractivity contribution in [1.29, 1.82) is 0 Å². The van der Waals surface area contributed by atoms with E-state index in [0.29, 0.717) is 13.0 Å². The van der Waals surface area contributed by atoms with E-state index in [0.717, 1.165) is 16.7 Å². The summed E-state index contributed by atoms with van der Waals surface area (Å²) in [4.78, 5) is 70.7. The Kier molecular flexibility index (Phi) is 13.7. The number of rotatable bonds is 17. The van der Waals surface area contributed by atoms with Crippen LogP contribution < -0.4 is 11.5 Å². The summed E-state index contributed by atoms with van der Waals surface area (Å²) < 4.78 is 0. The van der Waals surface area contributed by atoms with Crippen LogP contribution in [0.4, 0.5) is 0 Å². The summed E-state index contributed by atoms with van der Waals surface area (Å²) in [5.74, 6) is -2.29. The van der Waals surface area contributed by atoms with E-state index in [1.807, 2.05) is 91.0 Å². The Morgan fingerprint density at radius 3 is 1.29 bits per heavy atom. The van der Waals surface area contributed by atoms with Crippen molar-refractivity contribution in [3.8, 4) is 0 Å². The molecule has 0 fully saturated rings. The number of primary amides is 1. The van der Waals surface area contributed by atoms with Crippen molar-refractivity contribution in [3.05, 3.63) is 108 Å². The first kappa shape index (κ1) is 34.5. The molecule has 0 heterocycles. The molecule has 238 valence electrons. The molecule has 0 bridgehead atoms. The number of carbonyl (C=O) groups excluding carboxylic acids is 5. The summed E-state index contributed by atoms with van der Waals surface area (Å²) in [6, 6.07) is 27.7. The van der Waals surface area contributed by atoms with E-state index < -0.39 is 23.6 Å².